The van der Waals surface area contributed by atoms with E-state index in [2.05, 4.69) is 24.3 Å². The lowest BCUT2D eigenvalue weighted by atomic mass is 9.99. The van der Waals surface area contributed by atoms with E-state index in [1.807, 2.05) is 11.0 Å². The molecule has 2 rings (SSSR count). The number of amides is 1. The minimum absolute atomic E-state index is 0.258. The second-order valence-corrected chi connectivity index (χ2v) is 4.63. The number of carbonyl (C=O) groups is 1. The van der Waals surface area contributed by atoms with Gasteiger partial charge in [0.05, 0.1) is 0 Å². The first-order valence-electron chi connectivity index (χ1n) is 6.34. The van der Waals surface area contributed by atoms with Crippen molar-refractivity contribution in [2.75, 3.05) is 19.6 Å². The maximum absolute atomic E-state index is 11.9. The summed E-state index contributed by atoms with van der Waals surface area (Å²) >= 11 is 0. The molecule has 0 aliphatic carbocycles. The molecule has 1 unspecified atom stereocenters. The first-order chi connectivity index (χ1) is 8.31. The SMILES string of the molecule is NCCCC(=O)N1CCC(c2ccccc2)C1. The summed E-state index contributed by atoms with van der Waals surface area (Å²) in [5, 5.41) is 0. The van der Waals surface area contributed by atoms with Crippen molar-refractivity contribution < 1.29 is 4.79 Å². The summed E-state index contributed by atoms with van der Waals surface area (Å²) in [4.78, 5) is 13.8. The van der Waals surface area contributed by atoms with Crippen LogP contribution < -0.4 is 5.73 Å². The monoisotopic (exact) mass is 232 g/mol. The summed E-state index contributed by atoms with van der Waals surface area (Å²) in [6.07, 6.45) is 2.47. The zero-order chi connectivity index (χ0) is 12.1. The molecule has 1 aromatic rings. The number of carbonyl (C=O) groups excluding carboxylic acids is 1. The Morgan fingerprint density at radius 2 is 2.12 bits per heavy atom. The highest BCUT2D eigenvalue weighted by Gasteiger charge is 2.26. The molecule has 1 atom stereocenters. The van der Waals surface area contributed by atoms with Gasteiger partial charge in [-0.1, -0.05) is 30.3 Å². The maximum atomic E-state index is 11.9. The van der Waals surface area contributed by atoms with Crippen LogP contribution in [0.1, 0.15) is 30.7 Å². The van der Waals surface area contributed by atoms with E-state index in [1.54, 1.807) is 0 Å². The molecule has 0 radical (unpaired) electrons. The van der Waals surface area contributed by atoms with Crippen molar-refractivity contribution in [1.82, 2.24) is 4.90 Å². The number of benzene rings is 1. The van der Waals surface area contributed by atoms with Crippen LogP contribution >= 0.6 is 0 Å². The molecular formula is C14H20N2O. The van der Waals surface area contributed by atoms with Crippen molar-refractivity contribution in [3.05, 3.63) is 35.9 Å². The molecule has 0 bridgehead atoms. The van der Waals surface area contributed by atoms with E-state index in [0.717, 1.165) is 25.9 Å². The molecule has 3 heteroatoms. The van der Waals surface area contributed by atoms with Gasteiger partial charge in [-0.15, -0.1) is 0 Å². The van der Waals surface area contributed by atoms with Crippen LogP contribution in [0.15, 0.2) is 30.3 Å². The Kier molecular flexibility index (Phi) is 4.15. The molecule has 1 aromatic carbocycles. The third kappa shape index (κ3) is 3.07. The predicted octanol–water partition coefficient (Wildman–Crippen LogP) is 1.74. The summed E-state index contributed by atoms with van der Waals surface area (Å²) in [5.41, 5.74) is 6.77. The third-order valence-corrected chi connectivity index (χ3v) is 3.41. The van der Waals surface area contributed by atoms with Gasteiger partial charge in [0.15, 0.2) is 0 Å². The van der Waals surface area contributed by atoms with Gasteiger partial charge in [-0.2, -0.15) is 0 Å². The summed E-state index contributed by atoms with van der Waals surface area (Å²) in [6, 6.07) is 10.5. The average molecular weight is 232 g/mol. The van der Waals surface area contributed by atoms with Gasteiger partial charge in [0.1, 0.15) is 0 Å². The van der Waals surface area contributed by atoms with Crippen molar-refractivity contribution in [1.29, 1.82) is 0 Å². The van der Waals surface area contributed by atoms with Crippen LogP contribution in [0.3, 0.4) is 0 Å². The van der Waals surface area contributed by atoms with Crippen molar-refractivity contribution in [3.8, 4) is 0 Å². The van der Waals surface area contributed by atoms with Gasteiger partial charge in [-0.05, 0) is 24.9 Å². The first kappa shape index (κ1) is 12.1. The number of likely N-dealkylation sites (tertiary alicyclic amines) is 1. The molecule has 1 aliphatic rings. The Balaban J connectivity index is 1.89. The van der Waals surface area contributed by atoms with Crippen molar-refractivity contribution in [2.24, 2.45) is 5.73 Å². The molecule has 17 heavy (non-hydrogen) atoms. The minimum atomic E-state index is 0.258. The zero-order valence-corrected chi connectivity index (χ0v) is 10.1. The van der Waals surface area contributed by atoms with Gasteiger partial charge < -0.3 is 10.6 Å². The van der Waals surface area contributed by atoms with E-state index in [4.69, 9.17) is 5.73 Å². The normalized spacial score (nSPS) is 19.6. The van der Waals surface area contributed by atoms with E-state index in [0.29, 0.717) is 18.9 Å². The van der Waals surface area contributed by atoms with E-state index in [-0.39, 0.29) is 5.91 Å². The topological polar surface area (TPSA) is 46.3 Å². The van der Waals surface area contributed by atoms with Crippen LogP contribution in [0.5, 0.6) is 0 Å². The van der Waals surface area contributed by atoms with Gasteiger partial charge in [0, 0.05) is 25.4 Å². The molecule has 1 fully saturated rings. The molecule has 3 nitrogen and oxygen atoms in total. The summed E-state index contributed by atoms with van der Waals surface area (Å²) < 4.78 is 0. The van der Waals surface area contributed by atoms with Crippen LogP contribution in [0.4, 0.5) is 0 Å². The second-order valence-electron chi connectivity index (χ2n) is 4.63. The lowest BCUT2D eigenvalue weighted by molar-refractivity contribution is -0.130. The molecule has 1 saturated heterocycles. The fourth-order valence-electron chi connectivity index (χ4n) is 2.40. The number of hydrogen-bond donors (Lipinski definition) is 1. The molecule has 1 heterocycles. The van der Waals surface area contributed by atoms with Gasteiger partial charge in [0.2, 0.25) is 5.91 Å². The Morgan fingerprint density at radius 3 is 2.82 bits per heavy atom. The van der Waals surface area contributed by atoms with Crippen LogP contribution in [-0.2, 0) is 4.79 Å². The highest BCUT2D eigenvalue weighted by Crippen LogP contribution is 2.27. The average Bonchev–Trinajstić information content (AvgIpc) is 2.86. The minimum Gasteiger partial charge on any atom is -0.342 e. The number of rotatable bonds is 4. The third-order valence-electron chi connectivity index (χ3n) is 3.41. The second kappa shape index (κ2) is 5.82. The van der Waals surface area contributed by atoms with Crippen molar-refractivity contribution in [2.45, 2.75) is 25.2 Å². The molecule has 1 amide bonds. The lowest BCUT2D eigenvalue weighted by Gasteiger charge is -2.16. The fraction of sp³-hybridized carbons (Fsp3) is 0.500. The predicted molar refractivity (Wildman–Crippen MR) is 68.7 cm³/mol. The van der Waals surface area contributed by atoms with Crippen LogP contribution in [0.25, 0.3) is 0 Å². The molecule has 2 N–H and O–H groups in total. The maximum Gasteiger partial charge on any atom is 0.222 e. The number of nitrogens with two attached hydrogens (primary N) is 1. The Hall–Kier alpha value is -1.35. The van der Waals surface area contributed by atoms with Gasteiger partial charge in [0.25, 0.3) is 0 Å². The summed E-state index contributed by atoms with van der Waals surface area (Å²) in [6.45, 7) is 2.36. The Labute approximate surface area is 103 Å². The van der Waals surface area contributed by atoms with Crippen LogP contribution in [-0.4, -0.2) is 30.4 Å². The molecule has 0 aromatic heterocycles. The summed E-state index contributed by atoms with van der Waals surface area (Å²) in [5.74, 6) is 0.770. The van der Waals surface area contributed by atoms with Gasteiger partial charge in [-0.25, -0.2) is 0 Å². The van der Waals surface area contributed by atoms with Crippen molar-refractivity contribution >= 4 is 5.91 Å². The lowest BCUT2D eigenvalue weighted by Crippen LogP contribution is -2.28. The number of nitrogens with zero attached hydrogens (tertiary/aromatic N) is 1. The Morgan fingerprint density at radius 1 is 1.35 bits per heavy atom. The quantitative estimate of drug-likeness (QED) is 0.859. The molecule has 1 aliphatic heterocycles. The number of hydrogen-bond acceptors (Lipinski definition) is 2. The van der Waals surface area contributed by atoms with E-state index in [1.165, 1.54) is 5.56 Å². The largest absolute Gasteiger partial charge is 0.342 e. The molecule has 0 spiro atoms. The first-order valence-corrected chi connectivity index (χ1v) is 6.34. The molecule has 0 saturated carbocycles. The highest BCUT2D eigenvalue weighted by atomic mass is 16.2. The van der Waals surface area contributed by atoms with Crippen LogP contribution in [0, 0.1) is 0 Å². The Bertz CT molecular complexity index is 364. The zero-order valence-electron chi connectivity index (χ0n) is 10.1. The van der Waals surface area contributed by atoms with E-state index in [9.17, 15) is 4.79 Å². The smallest absolute Gasteiger partial charge is 0.222 e. The fourth-order valence-corrected chi connectivity index (χ4v) is 2.40. The standard InChI is InChI=1S/C14H20N2O/c15-9-4-7-14(17)16-10-8-13(11-16)12-5-2-1-3-6-12/h1-3,5-6,13H,4,7-11,15H2. The van der Waals surface area contributed by atoms with Gasteiger partial charge >= 0.3 is 0 Å². The molecular weight excluding hydrogens is 212 g/mol. The van der Waals surface area contributed by atoms with Crippen molar-refractivity contribution in [3.63, 3.8) is 0 Å². The van der Waals surface area contributed by atoms with Gasteiger partial charge in [-0.3, -0.25) is 4.79 Å². The van der Waals surface area contributed by atoms with Crippen LogP contribution in [0.2, 0.25) is 0 Å². The van der Waals surface area contributed by atoms with E-state index >= 15 is 0 Å². The highest BCUT2D eigenvalue weighted by molar-refractivity contribution is 5.76. The molecule has 92 valence electrons. The van der Waals surface area contributed by atoms with E-state index < -0.39 is 0 Å². The summed E-state index contributed by atoms with van der Waals surface area (Å²) in [7, 11) is 0.